The summed E-state index contributed by atoms with van der Waals surface area (Å²) in [7, 11) is -0.979. The molecular formula is C18H19NO4S2. The van der Waals surface area contributed by atoms with Crippen molar-refractivity contribution in [1.29, 1.82) is 0 Å². The van der Waals surface area contributed by atoms with Crippen molar-refractivity contribution in [3.8, 4) is 0 Å². The molecule has 25 heavy (non-hydrogen) atoms. The zero-order chi connectivity index (χ0) is 17.8. The van der Waals surface area contributed by atoms with Gasteiger partial charge < -0.3 is 9.64 Å². The summed E-state index contributed by atoms with van der Waals surface area (Å²) in [6.45, 7) is 0.969. The lowest BCUT2D eigenvalue weighted by atomic mass is 10.1. The van der Waals surface area contributed by atoms with Gasteiger partial charge >= 0.3 is 5.97 Å². The zero-order valence-corrected chi connectivity index (χ0v) is 15.5. The second-order valence-corrected chi connectivity index (χ2v) is 8.36. The highest BCUT2D eigenvalue weighted by atomic mass is 32.2. The number of rotatable bonds is 5. The largest absolute Gasteiger partial charge is 0.452 e. The molecule has 1 amide bonds. The summed E-state index contributed by atoms with van der Waals surface area (Å²) in [6, 6.07) is 8.87. The molecule has 2 aromatic rings. The molecule has 0 aliphatic carbocycles. The van der Waals surface area contributed by atoms with Crippen LogP contribution in [0.15, 0.2) is 35.7 Å². The normalized spacial score (nSPS) is 14.7. The van der Waals surface area contributed by atoms with Crippen molar-refractivity contribution in [3.63, 3.8) is 0 Å². The number of amides is 1. The number of esters is 1. The Morgan fingerprint density at radius 1 is 1.32 bits per heavy atom. The van der Waals surface area contributed by atoms with Crippen molar-refractivity contribution < 1.29 is 18.5 Å². The van der Waals surface area contributed by atoms with E-state index in [-0.39, 0.29) is 12.5 Å². The Labute approximate surface area is 153 Å². The van der Waals surface area contributed by atoms with Gasteiger partial charge in [-0.15, -0.1) is 11.3 Å². The van der Waals surface area contributed by atoms with Gasteiger partial charge in [-0.3, -0.25) is 9.00 Å². The summed E-state index contributed by atoms with van der Waals surface area (Å²) in [5.41, 5.74) is 2.35. The summed E-state index contributed by atoms with van der Waals surface area (Å²) in [4.78, 5) is 27.5. The van der Waals surface area contributed by atoms with Crippen LogP contribution in [0.4, 0.5) is 0 Å². The molecule has 0 saturated carbocycles. The summed E-state index contributed by atoms with van der Waals surface area (Å²) in [6.07, 6.45) is 2.46. The van der Waals surface area contributed by atoms with Crippen LogP contribution in [0.2, 0.25) is 0 Å². The van der Waals surface area contributed by atoms with Crippen LogP contribution in [0.5, 0.6) is 0 Å². The van der Waals surface area contributed by atoms with Crippen LogP contribution in [0, 0.1) is 0 Å². The third-order valence-corrected chi connectivity index (χ3v) is 5.78. The Balaban J connectivity index is 1.55. The van der Waals surface area contributed by atoms with Gasteiger partial charge in [0.15, 0.2) is 6.61 Å². The number of ether oxygens (including phenoxy) is 1. The highest BCUT2D eigenvalue weighted by molar-refractivity contribution is 7.83. The molecule has 0 spiro atoms. The Kier molecular flexibility index (Phi) is 5.65. The topological polar surface area (TPSA) is 63.7 Å². The van der Waals surface area contributed by atoms with E-state index in [0.29, 0.717) is 24.4 Å². The Bertz CT molecular complexity index is 815. The van der Waals surface area contributed by atoms with E-state index in [4.69, 9.17) is 4.74 Å². The molecule has 132 valence electrons. The van der Waals surface area contributed by atoms with E-state index in [1.165, 1.54) is 10.4 Å². The number of nitrogens with zero attached hydrogens (tertiary/aromatic N) is 1. The molecule has 3 rings (SSSR count). The molecule has 0 N–H and O–H groups in total. The molecule has 1 atom stereocenters. The van der Waals surface area contributed by atoms with Crippen molar-refractivity contribution in [2.45, 2.75) is 18.7 Å². The Morgan fingerprint density at radius 3 is 2.96 bits per heavy atom. The fraction of sp³-hybridized carbons (Fsp3) is 0.333. The van der Waals surface area contributed by atoms with Crippen LogP contribution in [-0.4, -0.2) is 40.4 Å². The number of benzene rings is 1. The monoisotopic (exact) mass is 377 g/mol. The van der Waals surface area contributed by atoms with E-state index in [0.717, 1.165) is 12.0 Å². The first-order valence-corrected chi connectivity index (χ1v) is 10.5. The van der Waals surface area contributed by atoms with E-state index in [2.05, 4.69) is 0 Å². The van der Waals surface area contributed by atoms with Gasteiger partial charge in [-0.1, -0.05) is 12.1 Å². The first-order chi connectivity index (χ1) is 12.0. The lowest BCUT2D eigenvalue weighted by Crippen LogP contribution is -2.38. The first kappa shape index (κ1) is 17.8. The number of carbonyl (C=O) groups is 2. The average molecular weight is 377 g/mol. The SMILES string of the molecule is CS(=O)Cc1cccc(C(=O)OCC(=O)N2CCc3sccc3C2)c1. The van der Waals surface area contributed by atoms with Gasteiger partial charge in [0.25, 0.3) is 5.91 Å². The third-order valence-electron chi connectivity index (χ3n) is 4.02. The molecule has 1 unspecified atom stereocenters. The molecule has 0 fully saturated rings. The smallest absolute Gasteiger partial charge is 0.338 e. The maximum atomic E-state index is 12.3. The number of hydrogen-bond donors (Lipinski definition) is 0. The molecule has 1 aliphatic rings. The number of hydrogen-bond acceptors (Lipinski definition) is 5. The van der Waals surface area contributed by atoms with E-state index >= 15 is 0 Å². The Morgan fingerprint density at radius 2 is 2.16 bits per heavy atom. The quantitative estimate of drug-likeness (QED) is 0.751. The lowest BCUT2D eigenvalue weighted by Gasteiger charge is -2.26. The minimum Gasteiger partial charge on any atom is -0.452 e. The van der Waals surface area contributed by atoms with Crippen LogP contribution in [0.3, 0.4) is 0 Å². The maximum absolute atomic E-state index is 12.3. The second-order valence-electron chi connectivity index (χ2n) is 5.93. The van der Waals surface area contributed by atoms with Gasteiger partial charge in [-0.05, 0) is 41.1 Å². The van der Waals surface area contributed by atoms with Gasteiger partial charge in [0.05, 0.1) is 5.56 Å². The van der Waals surface area contributed by atoms with Crippen molar-refractivity contribution in [2.75, 3.05) is 19.4 Å². The molecule has 0 radical (unpaired) electrons. The van der Waals surface area contributed by atoms with Gasteiger partial charge in [-0.25, -0.2) is 4.79 Å². The number of thiophene rings is 1. The van der Waals surface area contributed by atoms with Crippen molar-refractivity contribution in [2.24, 2.45) is 0 Å². The molecule has 7 heteroatoms. The summed E-state index contributed by atoms with van der Waals surface area (Å²) in [5, 5.41) is 2.04. The van der Waals surface area contributed by atoms with Gasteiger partial charge in [0.2, 0.25) is 0 Å². The molecule has 2 heterocycles. The van der Waals surface area contributed by atoms with Crippen LogP contribution < -0.4 is 0 Å². The van der Waals surface area contributed by atoms with Gasteiger partial charge in [0, 0.05) is 40.8 Å². The summed E-state index contributed by atoms with van der Waals surface area (Å²) >= 11 is 1.72. The standard InChI is InChI=1S/C18H19NO4S2/c1-25(22)12-13-3-2-4-14(9-13)18(21)23-11-17(20)19-7-5-16-15(10-19)6-8-24-16/h2-4,6,8-9H,5,7,10-12H2,1H3. The van der Waals surface area contributed by atoms with Crippen LogP contribution in [0.1, 0.15) is 26.4 Å². The van der Waals surface area contributed by atoms with E-state index in [1.807, 2.05) is 17.5 Å². The number of fused-ring (bicyclic) bond motifs is 1. The Hall–Kier alpha value is -1.99. The van der Waals surface area contributed by atoms with Gasteiger partial charge in [-0.2, -0.15) is 0 Å². The minimum atomic E-state index is -0.979. The average Bonchev–Trinajstić information content (AvgIpc) is 3.06. The molecular weight excluding hydrogens is 358 g/mol. The summed E-state index contributed by atoms with van der Waals surface area (Å²) < 4.78 is 16.5. The predicted octanol–water partition coefficient (Wildman–Crippen LogP) is 2.37. The van der Waals surface area contributed by atoms with Crippen molar-refractivity contribution >= 4 is 34.0 Å². The fourth-order valence-corrected chi connectivity index (χ4v) is 4.32. The fourth-order valence-electron chi connectivity index (χ4n) is 2.79. The van der Waals surface area contributed by atoms with E-state index < -0.39 is 16.8 Å². The maximum Gasteiger partial charge on any atom is 0.338 e. The predicted molar refractivity (Wildman–Crippen MR) is 97.9 cm³/mol. The molecule has 1 aromatic heterocycles. The first-order valence-electron chi connectivity index (χ1n) is 7.92. The van der Waals surface area contributed by atoms with E-state index in [9.17, 15) is 13.8 Å². The van der Waals surface area contributed by atoms with Crippen LogP contribution in [0.25, 0.3) is 0 Å². The molecule has 5 nitrogen and oxygen atoms in total. The molecule has 0 saturated heterocycles. The highest BCUT2D eigenvalue weighted by Gasteiger charge is 2.22. The molecule has 1 aromatic carbocycles. The number of carbonyl (C=O) groups excluding carboxylic acids is 2. The van der Waals surface area contributed by atoms with Gasteiger partial charge in [0.1, 0.15) is 0 Å². The zero-order valence-electron chi connectivity index (χ0n) is 13.9. The third kappa shape index (κ3) is 4.55. The second kappa shape index (κ2) is 7.93. The minimum absolute atomic E-state index is 0.184. The summed E-state index contributed by atoms with van der Waals surface area (Å²) in [5.74, 6) is -0.335. The van der Waals surface area contributed by atoms with Crippen molar-refractivity contribution in [3.05, 3.63) is 57.3 Å². The highest BCUT2D eigenvalue weighted by Crippen LogP contribution is 2.24. The lowest BCUT2D eigenvalue weighted by molar-refractivity contribution is -0.135. The van der Waals surface area contributed by atoms with Crippen molar-refractivity contribution in [1.82, 2.24) is 4.90 Å². The molecule has 0 bridgehead atoms. The van der Waals surface area contributed by atoms with E-state index in [1.54, 1.807) is 40.7 Å². The van der Waals surface area contributed by atoms with Crippen LogP contribution >= 0.6 is 11.3 Å². The molecule has 1 aliphatic heterocycles. The van der Waals surface area contributed by atoms with Crippen LogP contribution in [-0.2, 0) is 39.0 Å².